The molecule has 0 aromatic rings. The molecule has 0 radical (unpaired) electrons. The molecule has 0 amide bonds. The van der Waals surface area contributed by atoms with Gasteiger partial charge in [-0.3, -0.25) is 4.79 Å². The van der Waals surface area contributed by atoms with Crippen molar-refractivity contribution in [2.75, 3.05) is 19.6 Å². The van der Waals surface area contributed by atoms with E-state index in [1.807, 2.05) is 13.8 Å². The molecule has 0 unspecified atom stereocenters. The van der Waals surface area contributed by atoms with Gasteiger partial charge in [-0.25, -0.2) is 0 Å². The Labute approximate surface area is 97.8 Å². The highest BCUT2D eigenvalue weighted by Crippen LogP contribution is 2.34. The van der Waals surface area contributed by atoms with E-state index in [2.05, 4.69) is 16.7 Å². The van der Waals surface area contributed by atoms with Crippen molar-refractivity contribution >= 4 is 5.97 Å². The van der Waals surface area contributed by atoms with Crippen LogP contribution in [0.5, 0.6) is 0 Å². The third-order valence-electron chi connectivity index (χ3n) is 3.67. The summed E-state index contributed by atoms with van der Waals surface area (Å²) in [4.78, 5) is 13.6. The van der Waals surface area contributed by atoms with E-state index in [1.165, 1.54) is 0 Å². The quantitative estimate of drug-likeness (QED) is 0.741. The van der Waals surface area contributed by atoms with Crippen molar-refractivity contribution in [1.29, 1.82) is 0 Å². The number of hydrogen-bond donors (Lipinski definition) is 1. The van der Waals surface area contributed by atoms with Crippen LogP contribution in [0.1, 0.15) is 39.5 Å². The fourth-order valence-corrected chi connectivity index (χ4v) is 2.26. The third-order valence-corrected chi connectivity index (χ3v) is 3.67. The van der Waals surface area contributed by atoms with Gasteiger partial charge in [-0.2, -0.15) is 0 Å². The van der Waals surface area contributed by atoms with Crippen LogP contribution in [0.3, 0.4) is 0 Å². The van der Waals surface area contributed by atoms with E-state index in [9.17, 15) is 9.90 Å². The smallest absolute Gasteiger partial charge is 0.309 e. The molecule has 3 nitrogen and oxygen atoms in total. The molecule has 1 fully saturated rings. The summed E-state index contributed by atoms with van der Waals surface area (Å²) in [5, 5.41) is 9.25. The van der Waals surface area contributed by atoms with Crippen LogP contribution in [-0.2, 0) is 4.79 Å². The van der Waals surface area contributed by atoms with Crippen LogP contribution in [0.2, 0.25) is 0 Å². The summed E-state index contributed by atoms with van der Waals surface area (Å²) in [5.74, 6) is 5.30. The van der Waals surface area contributed by atoms with Gasteiger partial charge < -0.3 is 10.0 Å². The van der Waals surface area contributed by atoms with Crippen LogP contribution in [0, 0.1) is 17.3 Å². The Kier molecular flexibility index (Phi) is 4.82. The van der Waals surface area contributed by atoms with Crippen molar-refractivity contribution in [3.8, 4) is 11.8 Å². The standard InChI is InChI=1S/C13H21NO2/c1-3-5-6-9-14-10-7-13(4-2,8-11-14)12(15)16/h4,6-11H2,1-2H3,(H,15,16). The van der Waals surface area contributed by atoms with Crippen LogP contribution in [-0.4, -0.2) is 35.6 Å². The van der Waals surface area contributed by atoms with E-state index in [-0.39, 0.29) is 0 Å². The fourth-order valence-electron chi connectivity index (χ4n) is 2.26. The molecule has 1 heterocycles. The van der Waals surface area contributed by atoms with Gasteiger partial charge in [0.25, 0.3) is 0 Å². The number of aliphatic carboxylic acids is 1. The molecule has 90 valence electrons. The largest absolute Gasteiger partial charge is 0.481 e. The Hall–Kier alpha value is -1.01. The molecule has 1 aliphatic heterocycles. The van der Waals surface area contributed by atoms with Gasteiger partial charge >= 0.3 is 5.97 Å². The lowest BCUT2D eigenvalue weighted by atomic mass is 9.76. The molecule has 0 aromatic carbocycles. The second-order valence-corrected chi connectivity index (χ2v) is 4.46. The van der Waals surface area contributed by atoms with Gasteiger partial charge in [0.2, 0.25) is 0 Å². The van der Waals surface area contributed by atoms with Crippen LogP contribution in [0.4, 0.5) is 0 Å². The molecule has 16 heavy (non-hydrogen) atoms. The molecule has 0 aromatic heterocycles. The predicted molar refractivity (Wildman–Crippen MR) is 64.1 cm³/mol. The van der Waals surface area contributed by atoms with Crippen LogP contribution in [0.15, 0.2) is 0 Å². The summed E-state index contributed by atoms with van der Waals surface area (Å²) in [6, 6.07) is 0. The Balaban J connectivity index is 2.42. The molecule has 0 atom stereocenters. The number of piperidine rings is 1. The van der Waals surface area contributed by atoms with Gasteiger partial charge in [-0.15, -0.1) is 11.8 Å². The lowest BCUT2D eigenvalue weighted by Gasteiger charge is -2.38. The molecule has 1 rings (SSSR count). The minimum atomic E-state index is -0.622. The topological polar surface area (TPSA) is 40.5 Å². The number of rotatable bonds is 4. The molecular formula is C13H21NO2. The van der Waals surface area contributed by atoms with E-state index in [1.54, 1.807) is 0 Å². The monoisotopic (exact) mass is 223 g/mol. The number of carboxylic acids is 1. The lowest BCUT2D eigenvalue weighted by Crippen LogP contribution is -2.44. The van der Waals surface area contributed by atoms with Gasteiger partial charge in [0.05, 0.1) is 5.41 Å². The van der Waals surface area contributed by atoms with E-state index in [4.69, 9.17) is 0 Å². The fraction of sp³-hybridized carbons (Fsp3) is 0.769. The minimum absolute atomic E-state index is 0.465. The van der Waals surface area contributed by atoms with Gasteiger partial charge in [-0.05, 0) is 39.3 Å². The zero-order valence-corrected chi connectivity index (χ0v) is 10.3. The molecule has 1 aliphatic rings. The summed E-state index contributed by atoms with van der Waals surface area (Å²) < 4.78 is 0. The summed E-state index contributed by atoms with van der Waals surface area (Å²) >= 11 is 0. The maximum absolute atomic E-state index is 11.2. The highest BCUT2D eigenvalue weighted by atomic mass is 16.4. The number of carboxylic acid groups (broad SMARTS) is 1. The van der Waals surface area contributed by atoms with Crippen LogP contribution >= 0.6 is 0 Å². The second kappa shape index (κ2) is 5.91. The van der Waals surface area contributed by atoms with Gasteiger partial charge in [0.1, 0.15) is 0 Å². The minimum Gasteiger partial charge on any atom is -0.481 e. The summed E-state index contributed by atoms with van der Waals surface area (Å²) in [6.07, 6.45) is 3.18. The van der Waals surface area contributed by atoms with Crippen molar-refractivity contribution in [1.82, 2.24) is 4.90 Å². The average Bonchev–Trinajstić information content (AvgIpc) is 2.30. The van der Waals surface area contributed by atoms with Gasteiger partial charge in [0, 0.05) is 13.0 Å². The lowest BCUT2D eigenvalue weighted by molar-refractivity contribution is -0.152. The van der Waals surface area contributed by atoms with Crippen molar-refractivity contribution in [3.05, 3.63) is 0 Å². The van der Waals surface area contributed by atoms with E-state index < -0.39 is 11.4 Å². The first-order chi connectivity index (χ1) is 7.64. The van der Waals surface area contributed by atoms with Crippen molar-refractivity contribution in [3.63, 3.8) is 0 Å². The predicted octanol–water partition coefficient (Wildman–Crippen LogP) is 1.98. The van der Waals surface area contributed by atoms with Gasteiger partial charge in [0.15, 0.2) is 0 Å². The van der Waals surface area contributed by atoms with Crippen LogP contribution in [0.25, 0.3) is 0 Å². The zero-order valence-electron chi connectivity index (χ0n) is 10.3. The molecule has 0 saturated carbocycles. The molecular weight excluding hydrogens is 202 g/mol. The Morgan fingerprint density at radius 3 is 2.50 bits per heavy atom. The van der Waals surface area contributed by atoms with Crippen molar-refractivity contribution < 1.29 is 9.90 Å². The van der Waals surface area contributed by atoms with Crippen molar-refractivity contribution in [2.45, 2.75) is 39.5 Å². The van der Waals surface area contributed by atoms with E-state index in [0.717, 1.165) is 45.3 Å². The molecule has 1 saturated heterocycles. The number of carbonyl (C=O) groups is 1. The molecule has 0 spiro atoms. The molecule has 0 bridgehead atoms. The Morgan fingerprint density at radius 2 is 2.06 bits per heavy atom. The average molecular weight is 223 g/mol. The first-order valence-electron chi connectivity index (χ1n) is 6.00. The number of likely N-dealkylation sites (tertiary alicyclic amines) is 1. The SMILES string of the molecule is CC#CCCN1CCC(CC)(C(=O)O)CC1. The summed E-state index contributed by atoms with van der Waals surface area (Å²) in [5.41, 5.74) is -0.465. The summed E-state index contributed by atoms with van der Waals surface area (Å²) in [6.45, 7) is 6.59. The Morgan fingerprint density at radius 1 is 1.44 bits per heavy atom. The van der Waals surface area contributed by atoms with Gasteiger partial charge in [-0.1, -0.05) is 6.92 Å². The van der Waals surface area contributed by atoms with E-state index in [0.29, 0.717) is 0 Å². The second-order valence-electron chi connectivity index (χ2n) is 4.46. The normalized spacial score (nSPS) is 19.9. The van der Waals surface area contributed by atoms with Crippen LogP contribution < -0.4 is 0 Å². The first kappa shape index (κ1) is 13.1. The third kappa shape index (κ3) is 2.99. The maximum atomic E-state index is 11.2. The number of nitrogens with zero attached hydrogens (tertiary/aromatic N) is 1. The van der Waals surface area contributed by atoms with Crippen molar-refractivity contribution in [2.24, 2.45) is 5.41 Å². The highest BCUT2D eigenvalue weighted by Gasteiger charge is 2.39. The number of hydrogen-bond acceptors (Lipinski definition) is 2. The maximum Gasteiger partial charge on any atom is 0.309 e. The molecule has 3 heteroatoms. The highest BCUT2D eigenvalue weighted by molar-refractivity contribution is 5.74. The molecule has 0 aliphatic carbocycles. The summed E-state index contributed by atoms with van der Waals surface area (Å²) in [7, 11) is 0. The first-order valence-corrected chi connectivity index (χ1v) is 6.00. The zero-order chi connectivity index (χ0) is 12.0. The molecule has 1 N–H and O–H groups in total. The van der Waals surface area contributed by atoms with E-state index >= 15 is 0 Å². The Bertz CT molecular complexity index is 293.